The molecule has 4 aromatic rings. The van der Waals surface area contributed by atoms with Crippen LogP contribution in [0.1, 0.15) is 37.2 Å². The third-order valence-corrected chi connectivity index (χ3v) is 4.70. The Balaban J connectivity index is 0.000000220. The number of fused-ring (bicyclic) bond motifs is 2. The minimum Gasteiger partial charge on any atom is -0.370 e. The lowest BCUT2D eigenvalue weighted by molar-refractivity contribution is 0.112. The zero-order valence-electron chi connectivity index (χ0n) is 18.3. The maximum absolute atomic E-state index is 10.6. The van der Waals surface area contributed by atoms with Crippen molar-refractivity contribution in [3.63, 3.8) is 0 Å². The first-order valence-corrected chi connectivity index (χ1v) is 10.5. The summed E-state index contributed by atoms with van der Waals surface area (Å²) >= 11 is 0. The van der Waals surface area contributed by atoms with Gasteiger partial charge in [0.1, 0.15) is 17.9 Å². The number of aldehydes is 1. The van der Waals surface area contributed by atoms with Crippen molar-refractivity contribution < 1.29 is 4.79 Å². The molecule has 0 saturated heterocycles. The number of hydrogen-bond donors (Lipinski definition) is 3. The first-order valence-electron chi connectivity index (χ1n) is 10.5. The normalized spacial score (nSPS) is 10.1. The minimum atomic E-state index is 0. The van der Waals surface area contributed by atoms with Gasteiger partial charge in [0.15, 0.2) is 0 Å². The summed E-state index contributed by atoms with van der Waals surface area (Å²) in [6.45, 7) is 6.75. The molecule has 2 heterocycles. The zero-order valence-corrected chi connectivity index (χ0v) is 18.3. The Hall–Kier alpha value is -3.51. The number of pyridine rings is 2. The summed E-state index contributed by atoms with van der Waals surface area (Å²) in [4.78, 5) is 19.5. The lowest BCUT2D eigenvalue weighted by Gasteiger charge is -2.05. The molecule has 4 rings (SSSR count). The van der Waals surface area contributed by atoms with Crippen LogP contribution in [0.15, 0.2) is 60.7 Å². The maximum Gasteiger partial charge on any atom is 0.150 e. The van der Waals surface area contributed by atoms with Crippen LogP contribution in [-0.4, -0.2) is 36.4 Å². The van der Waals surface area contributed by atoms with Gasteiger partial charge in [0, 0.05) is 36.0 Å². The largest absolute Gasteiger partial charge is 0.370 e. The standard InChI is InChI=1S/C13H17N3.C12H12N2O.CH4/c1-3-15-13-7-5-11-8-10(9-14-2)4-6-12(11)16-13;1-2-13-12-6-4-10-7-9(8-15)3-5-11(10)14-12;/h4-8,14H,3,9H2,1-2H3,(H,15,16);3-8H,2H2,1H3,(H,13,14);1H4. The number of aromatic nitrogens is 2. The average molecular weight is 432 g/mol. The van der Waals surface area contributed by atoms with E-state index < -0.39 is 0 Å². The van der Waals surface area contributed by atoms with E-state index in [4.69, 9.17) is 0 Å². The molecule has 0 spiro atoms. The molecule has 2 aromatic carbocycles. The summed E-state index contributed by atoms with van der Waals surface area (Å²) in [5.74, 6) is 1.81. The van der Waals surface area contributed by atoms with Crippen molar-refractivity contribution in [2.45, 2.75) is 27.8 Å². The molecule has 0 radical (unpaired) electrons. The van der Waals surface area contributed by atoms with Crippen molar-refractivity contribution in [3.05, 3.63) is 71.8 Å². The summed E-state index contributed by atoms with van der Waals surface area (Å²) < 4.78 is 0. The molecule has 2 aromatic heterocycles. The van der Waals surface area contributed by atoms with E-state index in [9.17, 15) is 4.79 Å². The van der Waals surface area contributed by atoms with E-state index in [1.165, 1.54) is 10.9 Å². The van der Waals surface area contributed by atoms with Crippen molar-refractivity contribution in [1.29, 1.82) is 0 Å². The molecule has 0 aliphatic heterocycles. The fourth-order valence-electron chi connectivity index (χ4n) is 3.27. The number of benzene rings is 2. The number of carbonyl (C=O) groups excluding carboxylic acids is 1. The number of nitrogens with one attached hydrogen (secondary N) is 3. The molecular weight excluding hydrogens is 398 g/mol. The topological polar surface area (TPSA) is 78.9 Å². The van der Waals surface area contributed by atoms with Gasteiger partial charge in [-0.05, 0) is 81.1 Å². The van der Waals surface area contributed by atoms with Crippen LogP contribution in [0.3, 0.4) is 0 Å². The lowest BCUT2D eigenvalue weighted by atomic mass is 10.1. The maximum atomic E-state index is 10.6. The Morgan fingerprint density at radius 3 is 1.88 bits per heavy atom. The van der Waals surface area contributed by atoms with Gasteiger partial charge in [-0.3, -0.25) is 4.79 Å². The van der Waals surface area contributed by atoms with Crippen molar-refractivity contribution in [2.75, 3.05) is 30.8 Å². The Morgan fingerprint density at radius 1 is 0.781 bits per heavy atom. The van der Waals surface area contributed by atoms with E-state index in [2.05, 4.69) is 57.1 Å². The van der Waals surface area contributed by atoms with Crippen molar-refractivity contribution in [2.24, 2.45) is 0 Å². The lowest BCUT2D eigenvalue weighted by Crippen LogP contribution is -2.04. The van der Waals surface area contributed by atoms with Crippen LogP contribution < -0.4 is 16.0 Å². The molecule has 32 heavy (non-hydrogen) atoms. The number of rotatable bonds is 7. The fraction of sp³-hybridized carbons (Fsp3) is 0.269. The van der Waals surface area contributed by atoms with Crippen LogP contribution in [0.2, 0.25) is 0 Å². The van der Waals surface area contributed by atoms with Crippen LogP contribution in [-0.2, 0) is 6.54 Å². The summed E-state index contributed by atoms with van der Waals surface area (Å²) in [6.07, 6.45) is 0.845. The molecule has 0 saturated carbocycles. The van der Waals surface area contributed by atoms with Crippen LogP contribution in [0.4, 0.5) is 11.6 Å². The van der Waals surface area contributed by atoms with Gasteiger partial charge >= 0.3 is 0 Å². The highest BCUT2D eigenvalue weighted by molar-refractivity contribution is 5.87. The molecule has 0 amide bonds. The third kappa shape index (κ3) is 6.49. The van der Waals surface area contributed by atoms with Crippen LogP contribution in [0, 0.1) is 0 Å². The van der Waals surface area contributed by atoms with Crippen LogP contribution in [0.25, 0.3) is 21.8 Å². The minimum absolute atomic E-state index is 0. The van der Waals surface area contributed by atoms with E-state index in [0.29, 0.717) is 5.56 Å². The quantitative estimate of drug-likeness (QED) is 0.335. The van der Waals surface area contributed by atoms with Gasteiger partial charge in [0.05, 0.1) is 11.0 Å². The van der Waals surface area contributed by atoms with Gasteiger partial charge in [-0.25, -0.2) is 9.97 Å². The Bertz CT molecular complexity index is 1110. The number of anilines is 2. The molecule has 6 nitrogen and oxygen atoms in total. The summed E-state index contributed by atoms with van der Waals surface area (Å²) in [5, 5.41) is 11.7. The second-order valence-corrected chi connectivity index (χ2v) is 7.08. The summed E-state index contributed by atoms with van der Waals surface area (Å²) in [6, 6.07) is 19.9. The second kappa shape index (κ2) is 12.4. The van der Waals surface area contributed by atoms with E-state index in [1.54, 1.807) is 6.07 Å². The van der Waals surface area contributed by atoms with Gasteiger partial charge in [-0.2, -0.15) is 0 Å². The number of nitrogens with zero attached hydrogens (tertiary/aromatic N) is 2. The molecule has 0 atom stereocenters. The smallest absolute Gasteiger partial charge is 0.150 e. The van der Waals surface area contributed by atoms with Crippen molar-refractivity contribution in [3.8, 4) is 0 Å². The molecule has 0 bridgehead atoms. The van der Waals surface area contributed by atoms with E-state index in [0.717, 1.165) is 54.0 Å². The van der Waals surface area contributed by atoms with Crippen LogP contribution in [0.5, 0.6) is 0 Å². The Kier molecular flexibility index (Phi) is 9.57. The van der Waals surface area contributed by atoms with Gasteiger partial charge < -0.3 is 16.0 Å². The molecule has 168 valence electrons. The van der Waals surface area contributed by atoms with E-state index in [1.807, 2.05) is 44.3 Å². The monoisotopic (exact) mass is 431 g/mol. The Labute approximate surface area is 190 Å². The van der Waals surface area contributed by atoms with Gasteiger partial charge in [-0.1, -0.05) is 13.5 Å². The zero-order chi connectivity index (χ0) is 22.1. The van der Waals surface area contributed by atoms with Gasteiger partial charge in [-0.15, -0.1) is 0 Å². The molecular formula is C26H33N5O. The van der Waals surface area contributed by atoms with Gasteiger partial charge in [0.2, 0.25) is 0 Å². The van der Waals surface area contributed by atoms with E-state index >= 15 is 0 Å². The predicted molar refractivity (Wildman–Crippen MR) is 137 cm³/mol. The summed E-state index contributed by atoms with van der Waals surface area (Å²) in [5.41, 5.74) is 3.91. The molecule has 0 aliphatic carbocycles. The van der Waals surface area contributed by atoms with Crippen molar-refractivity contribution in [1.82, 2.24) is 15.3 Å². The number of carbonyl (C=O) groups is 1. The Morgan fingerprint density at radius 2 is 1.34 bits per heavy atom. The molecule has 0 aliphatic rings. The third-order valence-electron chi connectivity index (χ3n) is 4.70. The molecule has 6 heteroatoms. The second-order valence-electron chi connectivity index (χ2n) is 7.08. The highest BCUT2D eigenvalue weighted by atomic mass is 16.1. The molecule has 0 unspecified atom stereocenters. The average Bonchev–Trinajstić information content (AvgIpc) is 2.80. The van der Waals surface area contributed by atoms with Gasteiger partial charge in [0.25, 0.3) is 0 Å². The fourth-order valence-corrected chi connectivity index (χ4v) is 3.27. The predicted octanol–water partition coefficient (Wildman–Crippen LogP) is 5.50. The number of hydrogen-bond acceptors (Lipinski definition) is 6. The highest BCUT2D eigenvalue weighted by Crippen LogP contribution is 2.17. The first kappa shape index (κ1) is 24.8. The summed E-state index contributed by atoms with van der Waals surface area (Å²) in [7, 11) is 1.96. The highest BCUT2D eigenvalue weighted by Gasteiger charge is 2.00. The van der Waals surface area contributed by atoms with E-state index in [-0.39, 0.29) is 7.43 Å². The molecule has 0 fully saturated rings. The van der Waals surface area contributed by atoms with Crippen LogP contribution >= 0.6 is 0 Å². The van der Waals surface area contributed by atoms with Crippen molar-refractivity contribution >= 4 is 39.7 Å². The molecule has 3 N–H and O–H groups in total. The first-order chi connectivity index (χ1) is 15.2. The SMILES string of the molecule is C.CCNc1ccc2cc(C=O)ccc2n1.CCNc1ccc2cc(CNC)ccc2n1.